The van der Waals surface area contributed by atoms with Crippen LogP contribution in [0.3, 0.4) is 0 Å². The van der Waals surface area contributed by atoms with E-state index >= 15 is 0 Å². The Bertz CT molecular complexity index is 462. The first-order chi connectivity index (χ1) is 6.36. The van der Waals surface area contributed by atoms with Gasteiger partial charge in [-0.15, -0.1) is 11.3 Å². The third kappa shape index (κ3) is 2.38. The largest absolute Gasteiger partial charge is 0.465 e. The lowest BCUT2D eigenvalue weighted by atomic mass is 10.3. The minimum absolute atomic E-state index is 0.00149. The first-order valence-electron chi connectivity index (χ1n) is 3.18. The van der Waals surface area contributed by atoms with E-state index in [4.69, 9.17) is 22.3 Å². The minimum Gasteiger partial charge on any atom is -0.465 e. The van der Waals surface area contributed by atoms with Crippen molar-refractivity contribution >= 4 is 48.6 Å². The van der Waals surface area contributed by atoms with E-state index in [1.807, 2.05) is 0 Å². The van der Waals surface area contributed by atoms with Gasteiger partial charge in [0.1, 0.15) is 8.55 Å². The summed E-state index contributed by atoms with van der Waals surface area (Å²) in [7, 11) is 2.39. The number of halogens is 2. The van der Waals surface area contributed by atoms with Crippen LogP contribution in [-0.4, -0.2) is 21.5 Å². The Morgan fingerprint density at radius 2 is 2.14 bits per heavy atom. The predicted molar refractivity (Wildman–Crippen MR) is 53.7 cm³/mol. The summed E-state index contributed by atoms with van der Waals surface area (Å²) in [6, 6.07) is 1.08. The summed E-state index contributed by atoms with van der Waals surface area (Å²) in [6.45, 7) is 0. The van der Waals surface area contributed by atoms with Gasteiger partial charge >= 0.3 is 5.97 Å². The summed E-state index contributed by atoms with van der Waals surface area (Å²) in [4.78, 5) is 11.0. The molecule has 0 bridgehead atoms. The van der Waals surface area contributed by atoms with Crippen molar-refractivity contribution in [1.82, 2.24) is 0 Å². The van der Waals surface area contributed by atoms with Crippen LogP contribution in [0.15, 0.2) is 10.3 Å². The van der Waals surface area contributed by atoms with Crippen molar-refractivity contribution in [2.24, 2.45) is 0 Å². The zero-order chi connectivity index (χ0) is 10.9. The van der Waals surface area contributed by atoms with Gasteiger partial charge in [-0.2, -0.15) is 0 Å². The molecule has 1 rings (SSSR count). The molecule has 0 spiro atoms. The molecular weight excluding hydrogens is 271 g/mol. The van der Waals surface area contributed by atoms with Gasteiger partial charge in [-0.3, -0.25) is 0 Å². The van der Waals surface area contributed by atoms with Crippen LogP contribution in [0.1, 0.15) is 10.4 Å². The van der Waals surface area contributed by atoms with E-state index in [0.717, 1.165) is 6.07 Å². The van der Waals surface area contributed by atoms with Gasteiger partial charge in [-0.1, -0.05) is 11.6 Å². The Balaban J connectivity index is 3.25. The van der Waals surface area contributed by atoms with Crippen LogP contribution in [0.2, 0.25) is 4.34 Å². The van der Waals surface area contributed by atoms with E-state index in [9.17, 15) is 13.2 Å². The first kappa shape index (κ1) is 11.8. The molecule has 8 heteroatoms. The van der Waals surface area contributed by atoms with Crippen molar-refractivity contribution in [3.05, 3.63) is 16.0 Å². The summed E-state index contributed by atoms with van der Waals surface area (Å²) in [5, 5.41) is 0. The zero-order valence-electron chi connectivity index (χ0n) is 6.78. The van der Waals surface area contributed by atoms with Gasteiger partial charge in [0.2, 0.25) is 0 Å². The summed E-state index contributed by atoms with van der Waals surface area (Å²) in [5.74, 6) is -0.696. The number of methoxy groups -OCH3 is 1. The van der Waals surface area contributed by atoms with E-state index < -0.39 is 15.0 Å². The lowest BCUT2D eigenvalue weighted by Crippen LogP contribution is -1.99. The Morgan fingerprint density at radius 1 is 1.57 bits per heavy atom. The normalized spacial score (nSPS) is 11.4. The van der Waals surface area contributed by atoms with Crippen LogP contribution >= 0.6 is 33.6 Å². The molecule has 0 atom stereocenters. The lowest BCUT2D eigenvalue weighted by molar-refractivity contribution is 0.0601. The average molecular weight is 275 g/mol. The van der Waals surface area contributed by atoms with Crippen molar-refractivity contribution in [2.45, 2.75) is 4.21 Å². The number of thiophene rings is 1. The highest BCUT2D eigenvalue weighted by atomic mass is 35.7. The Labute approximate surface area is 93.8 Å². The van der Waals surface area contributed by atoms with Crippen molar-refractivity contribution in [3.8, 4) is 0 Å². The number of carbonyl (C=O) groups is 1. The molecule has 0 amide bonds. The molecule has 1 heterocycles. The number of carbonyl (C=O) groups excluding carboxylic acids is 1. The number of ether oxygens (including phenoxy) is 1. The molecular formula is C6H4Cl2O4S2. The molecule has 0 aliphatic heterocycles. The molecule has 0 saturated heterocycles. The fraction of sp³-hybridized carbons (Fsp3) is 0.167. The molecule has 0 aliphatic rings. The lowest BCUT2D eigenvalue weighted by Gasteiger charge is -1.93. The number of rotatable bonds is 2. The van der Waals surface area contributed by atoms with E-state index in [0.29, 0.717) is 11.3 Å². The maximum absolute atomic E-state index is 11.0. The van der Waals surface area contributed by atoms with Crippen molar-refractivity contribution in [1.29, 1.82) is 0 Å². The number of esters is 1. The fourth-order valence-corrected chi connectivity index (χ4v) is 3.16. The van der Waals surface area contributed by atoms with E-state index in [1.54, 1.807) is 0 Å². The Kier molecular flexibility index (Phi) is 3.41. The molecule has 1 aromatic rings. The van der Waals surface area contributed by atoms with Crippen LogP contribution < -0.4 is 0 Å². The standard InChI is InChI=1S/C6H4Cl2O4S2/c1-12-6(9)3-2-4(13-5(3)7)14(8,10)11/h2H,1H3. The average Bonchev–Trinajstić information content (AvgIpc) is 2.45. The van der Waals surface area contributed by atoms with Gasteiger partial charge in [0.15, 0.2) is 0 Å². The van der Waals surface area contributed by atoms with Gasteiger partial charge in [-0.25, -0.2) is 13.2 Å². The molecule has 0 unspecified atom stereocenters. The highest BCUT2D eigenvalue weighted by molar-refractivity contribution is 8.15. The van der Waals surface area contributed by atoms with Gasteiger partial charge < -0.3 is 4.74 Å². The van der Waals surface area contributed by atoms with Crippen molar-refractivity contribution in [3.63, 3.8) is 0 Å². The van der Waals surface area contributed by atoms with Crippen LogP contribution in [0, 0.1) is 0 Å². The highest BCUT2D eigenvalue weighted by Crippen LogP contribution is 2.32. The van der Waals surface area contributed by atoms with Crippen LogP contribution in [0.4, 0.5) is 0 Å². The van der Waals surface area contributed by atoms with Crippen LogP contribution in [0.5, 0.6) is 0 Å². The van der Waals surface area contributed by atoms with Crippen LogP contribution in [-0.2, 0) is 13.8 Å². The van der Waals surface area contributed by atoms with Crippen molar-refractivity contribution in [2.75, 3.05) is 7.11 Å². The molecule has 1 aromatic heterocycles. The maximum Gasteiger partial charge on any atom is 0.340 e. The maximum atomic E-state index is 11.0. The second-order valence-electron chi connectivity index (χ2n) is 2.18. The second kappa shape index (κ2) is 4.06. The molecule has 78 valence electrons. The number of hydrogen-bond donors (Lipinski definition) is 0. The van der Waals surface area contributed by atoms with E-state index in [2.05, 4.69) is 4.74 Å². The third-order valence-electron chi connectivity index (χ3n) is 1.31. The van der Waals surface area contributed by atoms with Crippen molar-refractivity contribution < 1.29 is 17.9 Å². The quantitative estimate of drug-likeness (QED) is 0.612. The fourth-order valence-electron chi connectivity index (χ4n) is 0.717. The second-order valence-corrected chi connectivity index (χ2v) is 6.63. The van der Waals surface area contributed by atoms with Gasteiger partial charge in [-0.05, 0) is 6.07 Å². The summed E-state index contributed by atoms with van der Waals surface area (Å²) >= 11 is 6.33. The van der Waals surface area contributed by atoms with E-state index in [1.165, 1.54) is 7.11 Å². The zero-order valence-corrected chi connectivity index (χ0v) is 9.93. The molecule has 14 heavy (non-hydrogen) atoms. The molecule has 0 saturated carbocycles. The molecule has 0 aliphatic carbocycles. The summed E-state index contributed by atoms with van der Waals surface area (Å²) < 4.78 is 26.0. The predicted octanol–water partition coefficient (Wildman–Crippen LogP) is 2.12. The molecule has 0 radical (unpaired) electrons. The minimum atomic E-state index is -3.85. The van der Waals surface area contributed by atoms with Gasteiger partial charge in [0, 0.05) is 10.7 Å². The third-order valence-corrected chi connectivity index (χ3v) is 4.74. The number of hydrogen-bond acceptors (Lipinski definition) is 5. The summed E-state index contributed by atoms with van der Waals surface area (Å²) in [5.41, 5.74) is -0.00149. The highest BCUT2D eigenvalue weighted by Gasteiger charge is 2.21. The smallest absolute Gasteiger partial charge is 0.340 e. The molecule has 0 N–H and O–H groups in total. The Hall–Kier alpha value is -0.300. The van der Waals surface area contributed by atoms with E-state index in [-0.39, 0.29) is 14.1 Å². The molecule has 4 nitrogen and oxygen atoms in total. The van der Waals surface area contributed by atoms with Crippen LogP contribution in [0.25, 0.3) is 0 Å². The topological polar surface area (TPSA) is 60.4 Å². The Morgan fingerprint density at radius 3 is 2.50 bits per heavy atom. The van der Waals surface area contributed by atoms with Gasteiger partial charge in [0.25, 0.3) is 9.05 Å². The first-order valence-corrected chi connectivity index (χ1v) is 6.69. The molecule has 0 fully saturated rings. The molecule has 0 aromatic carbocycles. The SMILES string of the molecule is COC(=O)c1cc(S(=O)(=O)Cl)sc1Cl. The monoisotopic (exact) mass is 274 g/mol. The summed E-state index contributed by atoms with van der Waals surface area (Å²) in [6.07, 6.45) is 0. The van der Waals surface area contributed by atoms with Gasteiger partial charge in [0.05, 0.1) is 12.7 Å².